The maximum Gasteiger partial charge on any atom is 0.410 e. The maximum absolute atomic E-state index is 11.1. The fourth-order valence-corrected chi connectivity index (χ4v) is 1.38. The molecule has 0 radical (unpaired) electrons. The summed E-state index contributed by atoms with van der Waals surface area (Å²) in [5.41, 5.74) is -0.723. The molecule has 0 rings (SSSR count). The van der Waals surface area contributed by atoms with Crippen molar-refractivity contribution in [2.24, 2.45) is 5.92 Å². The van der Waals surface area contributed by atoms with Gasteiger partial charge < -0.3 is 14.8 Å². The van der Waals surface area contributed by atoms with Crippen molar-refractivity contribution in [1.82, 2.24) is 5.32 Å². The lowest BCUT2D eigenvalue weighted by atomic mass is 10.2. The molecule has 8 nitrogen and oxygen atoms in total. The third kappa shape index (κ3) is 8.47. The van der Waals surface area contributed by atoms with Crippen LogP contribution >= 0.6 is 7.72 Å². The smallest absolute Gasteiger partial charge is 0.410 e. The van der Waals surface area contributed by atoms with E-state index in [1.807, 2.05) is 0 Å². The second-order valence-corrected chi connectivity index (χ2v) is 6.48. The molecule has 0 aromatic carbocycles. The number of amides is 1. The van der Waals surface area contributed by atoms with Crippen molar-refractivity contribution in [2.75, 3.05) is 20.0 Å². The van der Waals surface area contributed by atoms with Gasteiger partial charge in [0, 0.05) is 6.54 Å². The molecular formula is C10H19NO7P+. The molecule has 0 aliphatic carbocycles. The number of esters is 1. The highest BCUT2D eigenvalue weighted by Gasteiger charge is 2.36. The molecule has 0 saturated heterocycles. The van der Waals surface area contributed by atoms with Crippen molar-refractivity contribution in [2.45, 2.75) is 20.3 Å². The van der Waals surface area contributed by atoms with Crippen LogP contribution in [-0.2, 0) is 19.1 Å². The third-order valence-corrected chi connectivity index (χ3v) is 3.11. The van der Waals surface area contributed by atoms with E-state index in [1.165, 1.54) is 0 Å². The highest BCUT2D eigenvalue weighted by Crippen LogP contribution is 2.46. The first kappa shape index (κ1) is 17.8. The van der Waals surface area contributed by atoms with Crippen molar-refractivity contribution in [3.63, 3.8) is 0 Å². The van der Waals surface area contributed by atoms with Gasteiger partial charge in [0.2, 0.25) is 6.79 Å². The molecule has 0 aromatic heterocycles. The Bertz CT molecular complexity index is 337. The van der Waals surface area contributed by atoms with Crippen molar-refractivity contribution < 1.29 is 33.6 Å². The van der Waals surface area contributed by atoms with Crippen LogP contribution in [0.4, 0.5) is 4.79 Å². The van der Waals surface area contributed by atoms with E-state index in [4.69, 9.17) is 9.79 Å². The van der Waals surface area contributed by atoms with Crippen LogP contribution in [0.25, 0.3) is 0 Å². The highest BCUT2D eigenvalue weighted by molar-refractivity contribution is 7.80. The van der Waals surface area contributed by atoms with Crippen LogP contribution in [-0.4, -0.2) is 47.4 Å². The van der Waals surface area contributed by atoms with Gasteiger partial charge in [-0.2, -0.15) is 0 Å². The number of carbonyl (C=O) groups excluding carboxylic acids is 3. The third-order valence-electron chi connectivity index (χ3n) is 1.94. The summed E-state index contributed by atoms with van der Waals surface area (Å²) in [5.74, 6) is -0.816. The Kier molecular flexibility index (Phi) is 7.51. The van der Waals surface area contributed by atoms with Crippen LogP contribution in [0.2, 0.25) is 0 Å². The van der Waals surface area contributed by atoms with Crippen LogP contribution in [0.1, 0.15) is 20.3 Å². The number of ether oxygens (including phenoxy) is 2. The molecule has 0 unspecified atom stereocenters. The van der Waals surface area contributed by atoms with Gasteiger partial charge in [-0.05, 0) is 0 Å². The van der Waals surface area contributed by atoms with Gasteiger partial charge in [-0.3, -0.25) is 4.79 Å². The van der Waals surface area contributed by atoms with E-state index >= 15 is 0 Å². The average molecular weight is 296 g/mol. The van der Waals surface area contributed by atoms with Gasteiger partial charge in [0.1, 0.15) is 6.66 Å². The van der Waals surface area contributed by atoms with Crippen LogP contribution in [0.3, 0.4) is 0 Å². The molecule has 0 saturated carbocycles. The summed E-state index contributed by atoms with van der Waals surface area (Å²) in [6.07, 6.45) is -1.07. The lowest BCUT2D eigenvalue weighted by Gasteiger charge is -2.09. The molecule has 0 aromatic rings. The highest BCUT2D eigenvalue weighted by atomic mass is 31.2. The number of rotatable bonds is 7. The molecule has 0 spiro atoms. The lowest BCUT2D eigenvalue weighted by Crippen LogP contribution is -2.28. The first-order valence-electron chi connectivity index (χ1n) is 5.57. The minimum Gasteiger partial charge on any atom is -0.428 e. The predicted molar refractivity (Wildman–Crippen MR) is 67.2 cm³/mol. The Morgan fingerprint density at radius 1 is 1.21 bits per heavy atom. The molecule has 0 aliphatic rings. The summed E-state index contributed by atoms with van der Waals surface area (Å²) in [6.45, 7) is 3.71. The number of nitrogens with one attached hydrogen (secondary N) is 1. The number of alkyl carbamates (subject to hydrolysis) is 1. The summed E-state index contributed by atoms with van der Waals surface area (Å²) in [5, 5.41) is 2.21. The topological polar surface area (TPSA) is 122 Å². The largest absolute Gasteiger partial charge is 0.428 e. The van der Waals surface area contributed by atoms with Crippen LogP contribution in [0, 0.1) is 5.92 Å². The second kappa shape index (κ2) is 8.04. The van der Waals surface area contributed by atoms with Gasteiger partial charge >= 0.3 is 25.3 Å². The van der Waals surface area contributed by atoms with E-state index in [0.717, 1.165) is 6.66 Å². The summed E-state index contributed by atoms with van der Waals surface area (Å²) < 4.78 is 9.10. The van der Waals surface area contributed by atoms with Gasteiger partial charge in [-0.25, -0.2) is 19.4 Å². The maximum atomic E-state index is 11.1. The molecule has 0 bridgehead atoms. The van der Waals surface area contributed by atoms with E-state index in [0.29, 0.717) is 0 Å². The Morgan fingerprint density at radius 2 is 1.79 bits per heavy atom. The van der Waals surface area contributed by atoms with E-state index in [9.17, 15) is 14.4 Å². The number of hydrogen-bond donors (Lipinski definition) is 3. The normalized spacial score (nSPS) is 11.1. The molecule has 110 valence electrons. The molecule has 9 heteroatoms. The molecular weight excluding hydrogens is 277 g/mol. The van der Waals surface area contributed by atoms with E-state index in [2.05, 4.69) is 14.8 Å². The minimum atomic E-state index is -3.51. The zero-order chi connectivity index (χ0) is 15.1. The van der Waals surface area contributed by atoms with E-state index in [-0.39, 0.29) is 18.9 Å². The van der Waals surface area contributed by atoms with Crippen molar-refractivity contribution in [1.29, 1.82) is 0 Å². The monoisotopic (exact) mass is 296 g/mol. The van der Waals surface area contributed by atoms with Crippen molar-refractivity contribution in [3.05, 3.63) is 0 Å². The summed E-state index contributed by atoms with van der Waals surface area (Å²) in [4.78, 5) is 51.2. The number of carbonyl (C=O) groups is 3. The van der Waals surface area contributed by atoms with Crippen LogP contribution in [0.15, 0.2) is 0 Å². The number of hydrogen-bond acceptors (Lipinski definition) is 7. The summed E-state index contributed by atoms with van der Waals surface area (Å²) in [7, 11) is -3.51. The SMILES string of the molecule is CC(C)C(=O)OCOC(=O)NCCC(=O)[P+](C)(O)O. The van der Waals surface area contributed by atoms with Crippen LogP contribution < -0.4 is 5.32 Å². The quantitative estimate of drug-likeness (QED) is 0.349. The first-order valence-corrected chi connectivity index (χ1v) is 7.71. The second-order valence-electron chi connectivity index (χ2n) is 4.15. The lowest BCUT2D eigenvalue weighted by molar-refractivity contribution is -0.155. The Balaban J connectivity index is 3.72. The summed E-state index contributed by atoms with van der Waals surface area (Å²) in [6, 6.07) is 0. The zero-order valence-corrected chi connectivity index (χ0v) is 12.0. The zero-order valence-electron chi connectivity index (χ0n) is 11.1. The molecule has 1 amide bonds. The molecule has 0 aliphatic heterocycles. The van der Waals surface area contributed by atoms with Gasteiger partial charge in [0.25, 0.3) is 0 Å². The van der Waals surface area contributed by atoms with E-state index < -0.39 is 32.1 Å². The molecule has 19 heavy (non-hydrogen) atoms. The Morgan fingerprint density at radius 3 is 2.26 bits per heavy atom. The van der Waals surface area contributed by atoms with Crippen LogP contribution in [0.5, 0.6) is 0 Å². The molecule has 0 heterocycles. The molecule has 0 fully saturated rings. The molecule has 0 atom stereocenters. The van der Waals surface area contributed by atoms with Gasteiger partial charge in [0.05, 0.1) is 12.3 Å². The van der Waals surface area contributed by atoms with Crippen molar-refractivity contribution >= 4 is 25.3 Å². The summed E-state index contributed by atoms with van der Waals surface area (Å²) >= 11 is 0. The predicted octanol–water partition coefficient (Wildman–Crippen LogP) is 0.248. The Hall–Kier alpha value is -1.24. The standard InChI is InChI=1S/C10H18NO7P/c1-7(2)9(13)17-6-18-10(14)11-5-4-8(12)19(3,15)16/h7,15-16H,4-6H2,1-3H3/p+1. The van der Waals surface area contributed by atoms with Gasteiger partial charge in [0.15, 0.2) is 0 Å². The fourth-order valence-electron chi connectivity index (χ4n) is 0.842. The van der Waals surface area contributed by atoms with Gasteiger partial charge in [-0.15, -0.1) is 0 Å². The Labute approximate surface area is 111 Å². The molecule has 3 N–H and O–H groups in total. The fraction of sp³-hybridized carbons (Fsp3) is 0.700. The first-order chi connectivity index (χ1) is 8.64. The van der Waals surface area contributed by atoms with Gasteiger partial charge in [-0.1, -0.05) is 13.8 Å². The van der Waals surface area contributed by atoms with Crippen molar-refractivity contribution in [3.8, 4) is 0 Å². The minimum absolute atomic E-state index is 0.0908. The average Bonchev–Trinajstić information content (AvgIpc) is 2.27. The van der Waals surface area contributed by atoms with E-state index in [1.54, 1.807) is 13.8 Å².